The van der Waals surface area contributed by atoms with Gasteiger partial charge >= 0.3 is 0 Å². The van der Waals surface area contributed by atoms with Crippen LogP contribution in [-0.2, 0) is 0 Å². The van der Waals surface area contributed by atoms with Gasteiger partial charge < -0.3 is 26.4 Å². The topological polar surface area (TPSA) is 90.6 Å². The van der Waals surface area contributed by atoms with Crippen LogP contribution in [0.5, 0.6) is 0 Å². The first-order valence-corrected chi connectivity index (χ1v) is 9.33. The van der Waals surface area contributed by atoms with Gasteiger partial charge in [0, 0.05) is 26.2 Å². The Labute approximate surface area is 149 Å². The third-order valence-electron chi connectivity index (χ3n) is 5.54. The maximum Gasteiger partial charge on any atom is 0.253 e. The molecule has 0 spiro atoms. The van der Waals surface area contributed by atoms with Gasteiger partial charge in [0.05, 0.1) is 28.7 Å². The van der Waals surface area contributed by atoms with Gasteiger partial charge in [-0.2, -0.15) is 0 Å². The molecule has 0 bridgehead atoms. The number of rotatable bonds is 4. The molecule has 138 valence electrons. The van der Waals surface area contributed by atoms with E-state index in [1.807, 2.05) is 13.1 Å². The van der Waals surface area contributed by atoms with Crippen molar-refractivity contribution in [2.75, 3.05) is 36.1 Å². The molecule has 1 saturated carbocycles. The van der Waals surface area contributed by atoms with Crippen molar-refractivity contribution >= 4 is 23.0 Å². The maximum atomic E-state index is 12.9. The summed E-state index contributed by atoms with van der Waals surface area (Å²) in [5.74, 6) is 0.686. The molecule has 2 fully saturated rings. The number of hydrogen-bond acceptors (Lipinski definition) is 5. The van der Waals surface area contributed by atoms with E-state index in [1.54, 1.807) is 6.07 Å². The molecule has 1 heterocycles. The maximum absolute atomic E-state index is 12.9. The number of anilines is 3. The Morgan fingerprint density at radius 1 is 1.24 bits per heavy atom. The summed E-state index contributed by atoms with van der Waals surface area (Å²) in [6.45, 7) is 3.57. The van der Waals surface area contributed by atoms with Crippen LogP contribution in [0.15, 0.2) is 12.1 Å². The van der Waals surface area contributed by atoms with E-state index in [0.29, 0.717) is 17.8 Å². The summed E-state index contributed by atoms with van der Waals surface area (Å²) in [7, 11) is 1.82. The Morgan fingerprint density at radius 2 is 1.96 bits per heavy atom. The van der Waals surface area contributed by atoms with Crippen molar-refractivity contribution in [3.8, 4) is 0 Å². The molecule has 6 heteroatoms. The van der Waals surface area contributed by atoms with E-state index >= 15 is 0 Å². The Hall–Kier alpha value is -1.95. The Balaban J connectivity index is 1.83. The van der Waals surface area contributed by atoms with Crippen LogP contribution >= 0.6 is 0 Å². The highest BCUT2D eigenvalue weighted by Crippen LogP contribution is 2.33. The van der Waals surface area contributed by atoms with Gasteiger partial charge in [-0.1, -0.05) is 6.92 Å². The number of nitrogen functional groups attached to an aromatic ring is 1. The Bertz CT molecular complexity index is 626. The van der Waals surface area contributed by atoms with Crippen LogP contribution in [0.3, 0.4) is 0 Å². The highest BCUT2D eigenvalue weighted by Gasteiger charge is 2.27. The zero-order valence-corrected chi connectivity index (χ0v) is 15.2. The standard InChI is InChI=1S/C19H30N4O2/c1-12-3-5-13(6-4-12)22-19(25)15-9-16(20)17(21-2)10-18(15)23-8-7-14(24)11-23/h9-10,12-14,21,24H,3-8,11,20H2,1-2H3,(H,22,25). The molecule has 1 unspecified atom stereocenters. The molecule has 0 aromatic heterocycles. The summed E-state index contributed by atoms with van der Waals surface area (Å²) in [4.78, 5) is 15.0. The van der Waals surface area contributed by atoms with Gasteiger partial charge in [-0.05, 0) is 50.2 Å². The second-order valence-corrected chi connectivity index (χ2v) is 7.53. The highest BCUT2D eigenvalue weighted by atomic mass is 16.3. The van der Waals surface area contributed by atoms with Crippen molar-refractivity contribution in [3.63, 3.8) is 0 Å². The monoisotopic (exact) mass is 346 g/mol. The average Bonchev–Trinajstić information content (AvgIpc) is 3.03. The molecule has 0 radical (unpaired) electrons. The molecular formula is C19H30N4O2. The molecular weight excluding hydrogens is 316 g/mol. The minimum atomic E-state index is -0.341. The number of benzene rings is 1. The van der Waals surface area contributed by atoms with Crippen LogP contribution < -0.4 is 21.3 Å². The van der Waals surface area contributed by atoms with Gasteiger partial charge in [0.1, 0.15) is 0 Å². The fourth-order valence-electron chi connectivity index (χ4n) is 3.89. The molecule has 2 aliphatic rings. The molecule has 1 saturated heterocycles. The van der Waals surface area contributed by atoms with Crippen molar-refractivity contribution in [2.45, 2.75) is 51.2 Å². The van der Waals surface area contributed by atoms with Crippen molar-refractivity contribution in [2.24, 2.45) is 5.92 Å². The average molecular weight is 346 g/mol. The molecule has 6 nitrogen and oxygen atoms in total. The molecule has 1 aromatic rings. The lowest BCUT2D eigenvalue weighted by molar-refractivity contribution is 0.0923. The molecule has 1 atom stereocenters. The second kappa shape index (κ2) is 7.52. The van der Waals surface area contributed by atoms with E-state index < -0.39 is 0 Å². The predicted molar refractivity (Wildman–Crippen MR) is 102 cm³/mol. The number of nitrogens with one attached hydrogen (secondary N) is 2. The minimum absolute atomic E-state index is 0.0645. The van der Waals surface area contributed by atoms with Crippen molar-refractivity contribution in [3.05, 3.63) is 17.7 Å². The predicted octanol–water partition coefficient (Wildman–Crippen LogP) is 2.19. The van der Waals surface area contributed by atoms with Crippen molar-refractivity contribution < 1.29 is 9.90 Å². The summed E-state index contributed by atoms with van der Waals surface area (Å²) in [6.07, 6.45) is 4.78. The molecule has 1 aliphatic heterocycles. The first-order valence-electron chi connectivity index (χ1n) is 9.33. The van der Waals surface area contributed by atoms with E-state index in [4.69, 9.17) is 5.73 Å². The number of nitrogens with zero attached hydrogens (tertiary/aromatic N) is 1. The number of hydrogen-bond donors (Lipinski definition) is 4. The second-order valence-electron chi connectivity index (χ2n) is 7.53. The summed E-state index contributed by atoms with van der Waals surface area (Å²) in [5.41, 5.74) is 8.92. The van der Waals surface area contributed by atoms with E-state index in [-0.39, 0.29) is 18.1 Å². The number of β-amino-alcohol motifs (C(OH)–C–C–N with tert-alkyl or cyclic N) is 1. The SMILES string of the molecule is CNc1cc(N2CCC(O)C2)c(C(=O)NC2CCC(C)CC2)cc1N. The fourth-order valence-corrected chi connectivity index (χ4v) is 3.89. The molecule has 3 rings (SSSR count). The van der Waals surface area contributed by atoms with Crippen LogP contribution in [0.25, 0.3) is 0 Å². The molecule has 1 aromatic carbocycles. The van der Waals surface area contributed by atoms with Crippen molar-refractivity contribution in [1.29, 1.82) is 0 Å². The van der Waals surface area contributed by atoms with E-state index in [1.165, 1.54) is 0 Å². The molecule has 1 amide bonds. The fraction of sp³-hybridized carbons (Fsp3) is 0.632. The van der Waals surface area contributed by atoms with Gasteiger partial charge in [-0.25, -0.2) is 0 Å². The summed E-state index contributed by atoms with van der Waals surface area (Å²) >= 11 is 0. The van der Waals surface area contributed by atoms with Crippen LogP contribution in [0.4, 0.5) is 17.1 Å². The number of carbonyl (C=O) groups is 1. The summed E-state index contributed by atoms with van der Waals surface area (Å²) in [5, 5.41) is 16.1. The van der Waals surface area contributed by atoms with E-state index in [0.717, 1.165) is 55.9 Å². The normalized spacial score (nSPS) is 26.5. The van der Waals surface area contributed by atoms with Gasteiger partial charge in [-0.15, -0.1) is 0 Å². The summed E-state index contributed by atoms with van der Waals surface area (Å²) in [6, 6.07) is 3.92. The van der Waals surface area contributed by atoms with Gasteiger partial charge in [-0.3, -0.25) is 4.79 Å². The van der Waals surface area contributed by atoms with E-state index in [9.17, 15) is 9.90 Å². The smallest absolute Gasteiger partial charge is 0.253 e. The summed E-state index contributed by atoms with van der Waals surface area (Å²) < 4.78 is 0. The van der Waals surface area contributed by atoms with Crippen molar-refractivity contribution in [1.82, 2.24) is 5.32 Å². The first-order chi connectivity index (χ1) is 12.0. The van der Waals surface area contributed by atoms with Gasteiger partial charge in [0.2, 0.25) is 0 Å². The number of aliphatic hydroxyl groups excluding tert-OH is 1. The molecule has 25 heavy (non-hydrogen) atoms. The molecule has 1 aliphatic carbocycles. The lowest BCUT2D eigenvalue weighted by Gasteiger charge is -2.28. The van der Waals surface area contributed by atoms with Crippen LogP contribution in [0.1, 0.15) is 49.4 Å². The lowest BCUT2D eigenvalue weighted by atomic mass is 9.87. The van der Waals surface area contributed by atoms with Crippen LogP contribution in [-0.4, -0.2) is 43.3 Å². The number of nitrogens with two attached hydrogens (primary N) is 1. The quantitative estimate of drug-likeness (QED) is 0.628. The zero-order chi connectivity index (χ0) is 18.0. The Morgan fingerprint density at radius 3 is 2.56 bits per heavy atom. The largest absolute Gasteiger partial charge is 0.397 e. The third kappa shape index (κ3) is 4.00. The number of aliphatic hydroxyl groups is 1. The highest BCUT2D eigenvalue weighted by molar-refractivity contribution is 6.02. The Kier molecular flexibility index (Phi) is 5.37. The first kappa shape index (κ1) is 17.9. The van der Waals surface area contributed by atoms with Crippen LogP contribution in [0.2, 0.25) is 0 Å². The number of amides is 1. The van der Waals surface area contributed by atoms with Gasteiger partial charge in [0.15, 0.2) is 0 Å². The van der Waals surface area contributed by atoms with E-state index in [2.05, 4.69) is 22.5 Å². The lowest BCUT2D eigenvalue weighted by Crippen LogP contribution is -2.38. The zero-order valence-electron chi connectivity index (χ0n) is 15.2. The minimum Gasteiger partial charge on any atom is -0.397 e. The van der Waals surface area contributed by atoms with Gasteiger partial charge in [0.25, 0.3) is 5.91 Å². The molecule has 5 N–H and O–H groups in total. The number of carbonyl (C=O) groups excluding carboxylic acids is 1. The third-order valence-corrected chi connectivity index (χ3v) is 5.54. The van der Waals surface area contributed by atoms with Crippen LogP contribution in [0, 0.1) is 5.92 Å².